The Morgan fingerprint density at radius 2 is 1.18 bits per heavy atom. The van der Waals surface area contributed by atoms with Crippen LogP contribution in [0.5, 0.6) is 0 Å². The molecule has 1 spiro atoms. The summed E-state index contributed by atoms with van der Waals surface area (Å²) in [7, 11) is 0. The van der Waals surface area contributed by atoms with E-state index in [0.29, 0.717) is 0 Å². The SMILES string of the molecule is Brc1ccccc1-c1ccc(-c2ccc3c(c2)-c2c(ccc4ccccc24)C32C3CC4CC(C3)CC2C4)cc1. The molecule has 5 aromatic rings. The Bertz CT molecular complexity index is 1750. The molecule has 0 amide bonds. The van der Waals surface area contributed by atoms with E-state index in [1.54, 1.807) is 11.1 Å². The number of fused-ring (bicyclic) bond motifs is 5. The van der Waals surface area contributed by atoms with Gasteiger partial charge in [0.25, 0.3) is 0 Å². The summed E-state index contributed by atoms with van der Waals surface area (Å²) in [5, 5.41) is 2.80. The molecule has 0 radical (unpaired) electrons. The van der Waals surface area contributed by atoms with Gasteiger partial charge in [-0.05, 0) is 123 Å². The van der Waals surface area contributed by atoms with Crippen molar-refractivity contribution >= 4 is 26.7 Å². The van der Waals surface area contributed by atoms with Gasteiger partial charge < -0.3 is 0 Å². The Balaban J connectivity index is 1.23. The van der Waals surface area contributed by atoms with Crippen LogP contribution in [0, 0.1) is 23.7 Å². The van der Waals surface area contributed by atoms with Crippen LogP contribution < -0.4 is 0 Å². The molecular weight excluding hydrogens is 536 g/mol. The second kappa shape index (κ2) is 8.18. The molecule has 5 aliphatic rings. The van der Waals surface area contributed by atoms with Crippen molar-refractivity contribution in [2.75, 3.05) is 0 Å². The molecule has 39 heavy (non-hydrogen) atoms. The van der Waals surface area contributed by atoms with Gasteiger partial charge >= 0.3 is 0 Å². The van der Waals surface area contributed by atoms with E-state index in [2.05, 4.69) is 119 Å². The molecule has 4 saturated carbocycles. The highest BCUT2D eigenvalue weighted by Gasteiger charge is 2.61. The summed E-state index contributed by atoms with van der Waals surface area (Å²) >= 11 is 3.73. The van der Waals surface area contributed by atoms with Gasteiger partial charge in [-0.25, -0.2) is 0 Å². The highest BCUT2D eigenvalue weighted by atomic mass is 79.9. The number of rotatable bonds is 2. The fourth-order valence-electron chi connectivity index (χ4n) is 9.69. The maximum absolute atomic E-state index is 3.73. The van der Waals surface area contributed by atoms with E-state index < -0.39 is 0 Å². The second-order valence-corrected chi connectivity index (χ2v) is 13.6. The molecule has 0 unspecified atom stereocenters. The molecule has 0 N–H and O–H groups in total. The van der Waals surface area contributed by atoms with Crippen molar-refractivity contribution in [2.45, 2.75) is 37.5 Å². The van der Waals surface area contributed by atoms with Gasteiger partial charge in [-0.1, -0.05) is 107 Å². The largest absolute Gasteiger partial charge is 0.0616 e. The molecule has 0 atom stereocenters. The van der Waals surface area contributed by atoms with Crippen LogP contribution in [-0.2, 0) is 5.41 Å². The van der Waals surface area contributed by atoms with E-state index in [0.717, 1.165) is 28.1 Å². The van der Waals surface area contributed by atoms with E-state index in [-0.39, 0.29) is 5.41 Å². The van der Waals surface area contributed by atoms with Crippen molar-refractivity contribution in [3.8, 4) is 33.4 Å². The molecule has 190 valence electrons. The van der Waals surface area contributed by atoms with Gasteiger partial charge in [-0.3, -0.25) is 0 Å². The first-order chi connectivity index (χ1) is 19.2. The molecule has 0 nitrogen and oxygen atoms in total. The third-order valence-electron chi connectivity index (χ3n) is 10.9. The van der Waals surface area contributed by atoms with Gasteiger partial charge in [0.1, 0.15) is 0 Å². The Labute approximate surface area is 239 Å². The lowest BCUT2D eigenvalue weighted by molar-refractivity contribution is -0.0399. The van der Waals surface area contributed by atoms with E-state index in [1.807, 2.05) is 0 Å². The van der Waals surface area contributed by atoms with Crippen LogP contribution in [0.3, 0.4) is 0 Å². The first-order valence-electron chi connectivity index (χ1n) is 14.7. The highest BCUT2D eigenvalue weighted by molar-refractivity contribution is 9.10. The Morgan fingerprint density at radius 3 is 1.95 bits per heavy atom. The molecule has 0 heterocycles. The fourth-order valence-corrected chi connectivity index (χ4v) is 10.2. The molecule has 4 bridgehead atoms. The molecule has 4 fully saturated rings. The number of hydrogen-bond donors (Lipinski definition) is 0. The minimum absolute atomic E-state index is 0.212. The van der Waals surface area contributed by atoms with Gasteiger partial charge in [-0.15, -0.1) is 0 Å². The number of benzene rings is 5. The molecule has 0 aliphatic heterocycles. The van der Waals surface area contributed by atoms with Crippen molar-refractivity contribution in [3.05, 3.63) is 119 Å². The summed E-state index contributed by atoms with van der Waals surface area (Å²) in [4.78, 5) is 0. The summed E-state index contributed by atoms with van der Waals surface area (Å²) in [5.74, 6) is 3.52. The molecule has 0 aromatic heterocycles. The van der Waals surface area contributed by atoms with Crippen molar-refractivity contribution in [2.24, 2.45) is 23.7 Å². The van der Waals surface area contributed by atoms with Crippen molar-refractivity contribution in [1.82, 2.24) is 0 Å². The van der Waals surface area contributed by atoms with Gasteiger partial charge in [-0.2, -0.15) is 0 Å². The summed E-state index contributed by atoms with van der Waals surface area (Å²) in [5.41, 5.74) is 11.6. The monoisotopic (exact) mass is 566 g/mol. The van der Waals surface area contributed by atoms with Gasteiger partial charge in [0.05, 0.1) is 0 Å². The van der Waals surface area contributed by atoms with Gasteiger partial charge in [0.2, 0.25) is 0 Å². The van der Waals surface area contributed by atoms with Crippen molar-refractivity contribution < 1.29 is 0 Å². The number of halogens is 1. The van der Waals surface area contributed by atoms with Crippen LogP contribution in [-0.4, -0.2) is 0 Å². The Kier molecular flexibility index (Phi) is 4.75. The van der Waals surface area contributed by atoms with Gasteiger partial charge in [0.15, 0.2) is 0 Å². The molecule has 5 aromatic carbocycles. The lowest BCUT2D eigenvalue weighted by Crippen LogP contribution is -2.55. The van der Waals surface area contributed by atoms with Crippen molar-refractivity contribution in [1.29, 1.82) is 0 Å². The molecule has 0 saturated heterocycles. The topological polar surface area (TPSA) is 0 Å². The van der Waals surface area contributed by atoms with Crippen LogP contribution in [0.1, 0.15) is 43.2 Å². The summed E-state index contributed by atoms with van der Waals surface area (Å²) in [6.45, 7) is 0. The predicted octanol–water partition coefficient (Wildman–Crippen LogP) is 10.7. The third kappa shape index (κ3) is 3.06. The van der Waals surface area contributed by atoms with Crippen LogP contribution >= 0.6 is 15.9 Å². The van der Waals surface area contributed by atoms with Crippen LogP contribution in [0.2, 0.25) is 0 Å². The predicted molar refractivity (Wildman–Crippen MR) is 166 cm³/mol. The second-order valence-electron chi connectivity index (χ2n) is 12.7. The van der Waals surface area contributed by atoms with Crippen LogP contribution in [0.15, 0.2) is 108 Å². The normalized spacial score (nSPS) is 27.7. The maximum Gasteiger partial charge on any atom is 0.0272 e. The molecule has 10 rings (SSSR count). The van der Waals surface area contributed by atoms with Gasteiger partial charge in [0, 0.05) is 9.89 Å². The zero-order valence-electron chi connectivity index (χ0n) is 22.0. The first-order valence-corrected chi connectivity index (χ1v) is 15.5. The van der Waals surface area contributed by atoms with Crippen molar-refractivity contribution in [3.63, 3.8) is 0 Å². The smallest absolute Gasteiger partial charge is 0.0272 e. The maximum atomic E-state index is 3.73. The highest BCUT2D eigenvalue weighted by Crippen LogP contribution is 2.70. The summed E-state index contributed by atoms with van der Waals surface area (Å²) in [6, 6.07) is 39.1. The van der Waals surface area contributed by atoms with E-state index in [1.165, 1.54) is 76.3 Å². The van der Waals surface area contributed by atoms with E-state index >= 15 is 0 Å². The minimum atomic E-state index is 0.212. The third-order valence-corrected chi connectivity index (χ3v) is 11.6. The summed E-state index contributed by atoms with van der Waals surface area (Å²) in [6.07, 6.45) is 7.21. The first kappa shape index (κ1) is 22.6. The fraction of sp³-hybridized carbons (Fsp3) is 0.263. The molecule has 1 heteroatoms. The Morgan fingerprint density at radius 1 is 0.538 bits per heavy atom. The average Bonchev–Trinajstić information content (AvgIpc) is 3.26. The quantitative estimate of drug-likeness (QED) is 0.199. The minimum Gasteiger partial charge on any atom is -0.0616 e. The number of hydrogen-bond acceptors (Lipinski definition) is 0. The zero-order chi connectivity index (χ0) is 25.7. The van der Waals surface area contributed by atoms with E-state index in [9.17, 15) is 0 Å². The molecule has 5 aliphatic carbocycles. The standard InChI is InChI=1S/C38H31Br/c39-36-8-4-3-6-31(36)27-11-9-25(10-12-27)28-14-15-34-33(22-28)37-32-7-2-1-5-26(32)13-16-35(37)38(34)29-18-23-17-24(20-29)21-30(38)19-23/h1-16,22-24,29-30H,17-21H2. The molecular formula is C38H31Br. The van der Waals surface area contributed by atoms with E-state index in [4.69, 9.17) is 0 Å². The average molecular weight is 568 g/mol. The Hall–Kier alpha value is -3.16. The van der Waals surface area contributed by atoms with Crippen LogP contribution in [0.4, 0.5) is 0 Å². The summed E-state index contributed by atoms with van der Waals surface area (Å²) < 4.78 is 1.14. The zero-order valence-corrected chi connectivity index (χ0v) is 23.6. The lowest BCUT2D eigenvalue weighted by atomic mass is 9.43. The van der Waals surface area contributed by atoms with Crippen LogP contribution in [0.25, 0.3) is 44.2 Å². The lowest BCUT2D eigenvalue weighted by Gasteiger charge is -2.61.